The van der Waals surface area contributed by atoms with Crippen molar-refractivity contribution in [1.82, 2.24) is 14.5 Å². The van der Waals surface area contributed by atoms with Crippen molar-refractivity contribution >= 4 is 28.6 Å². The van der Waals surface area contributed by atoms with Crippen molar-refractivity contribution in [3.63, 3.8) is 0 Å². The summed E-state index contributed by atoms with van der Waals surface area (Å²) in [6.07, 6.45) is -3.71. The fourth-order valence-electron chi connectivity index (χ4n) is 3.62. The summed E-state index contributed by atoms with van der Waals surface area (Å²) in [7, 11) is 6.03. The summed E-state index contributed by atoms with van der Waals surface area (Å²) in [4.78, 5) is 29.7. The Balaban J connectivity index is 0.000000383. The zero-order valence-corrected chi connectivity index (χ0v) is 18.6. The predicted octanol–water partition coefficient (Wildman–Crippen LogP) is 3.81. The number of rotatable bonds is 4. The van der Waals surface area contributed by atoms with Crippen LogP contribution in [0.2, 0.25) is 0 Å². The van der Waals surface area contributed by atoms with E-state index < -0.39 is 12.1 Å². The number of alkyl halides is 3. The minimum atomic E-state index is -5.08. The highest BCUT2D eigenvalue weighted by Gasteiger charge is 2.38. The lowest BCUT2D eigenvalue weighted by Crippen LogP contribution is -2.31. The molecule has 0 bridgehead atoms. The van der Waals surface area contributed by atoms with Crippen molar-refractivity contribution in [3.05, 3.63) is 48.0 Å². The molecule has 33 heavy (non-hydrogen) atoms. The Hall–Kier alpha value is -3.40. The zero-order valence-electron chi connectivity index (χ0n) is 18.6. The van der Waals surface area contributed by atoms with E-state index in [0.717, 1.165) is 47.6 Å². The second-order valence-electron chi connectivity index (χ2n) is 7.98. The second kappa shape index (κ2) is 9.62. The van der Waals surface area contributed by atoms with Crippen molar-refractivity contribution in [2.24, 2.45) is 0 Å². The third-order valence-electron chi connectivity index (χ3n) is 5.35. The molecule has 1 N–H and O–H groups in total. The second-order valence-corrected chi connectivity index (χ2v) is 7.98. The number of likely N-dealkylation sites (N-methyl/N-ethyl adjacent to an activating group) is 1. The van der Waals surface area contributed by atoms with Gasteiger partial charge in [-0.05, 0) is 56.4 Å². The van der Waals surface area contributed by atoms with Crippen LogP contribution in [0.15, 0.2) is 42.5 Å². The Labute approximate surface area is 189 Å². The van der Waals surface area contributed by atoms with Gasteiger partial charge in [0.1, 0.15) is 5.82 Å². The average molecular weight is 462 g/mol. The van der Waals surface area contributed by atoms with Gasteiger partial charge in [0.15, 0.2) is 0 Å². The molecule has 0 saturated carbocycles. The highest BCUT2D eigenvalue weighted by molar-refractivity contribution is 5.96. The number of aromatic nitrogens is 2. The predicted molar refractivity (Wildman–Crippen MR) is 119 cm³/mol. The first-order chi connectivity index (χ1) is 15.5. The Kier molecular flexibility index (Phi) is 7.06. The van der Waals surface area contributed by atoms with Crippen molar-refractivity contribution in [2.45, 2.75) is 25.6 Å². The number of fused-ring (bicyclic) bond motifs is 2. The van der Waals surface area contributed by atoms with Gasteiger partial charge in [-0.1, -0.05) is 12.1 Å². The molecule has 1 aliphatic rings. The molecule has 0 radical (unpaired) electrons. The number of aliphatic carboxylic acids is 1. The molecule has 1 aliphatic heterocycles. The highest BCUT2D eigenvalue weighted by Crippen LogP contribution is 2.32. The van der Waals surface area contributed by atoms with E-state index in [1.165, 1.54) is 5.56 Å². The topological polar surface area (TPSA) is 78.7 Å². The largest absolute Gasteiger partial charge is 0.490 e. The van der Waals surface area contributed by atoms with E-state index in [1.54, 1.807) is 4.90 Å². The molecular formula is C23H25F3N4O3. The van der Waals surface area contributed by atoms with E-state index in [-0.39, 0.29) is 5.91 Å². The van der Waals surface area contributed by atoms with Crippen molar-refractivity contribution < 1.29 is 27.9 Å². The van der Waals surface area contributed by atoms with E-state index in [4.69, 9.17) is 14.9 Å². The number of benzene rings is 2. The van der Waals surface area contributed by atoms with Gasteiger partial charge in [-0.25, -0.2) is 9.78 Å². The molecule has 0 spiro atoms. The lowest BCUT2D eigenvalue weighted by Gasteiger charge is -2.26. The molecule has 7 nitrogen and oxygen atoms in total. The third kappa shape index (κ3) is 5.51. The Bertz CT molecular complexity index is 1170. The first-order valence-electron chi connectivity index (χ1n) is 10.3. The van der Waals surface area contributed by atoms with Crippen LogP contribution in [0, 0.1) is 0 Å². The lowest BCUT2D eigenvalue weighted by molar-refractivity contribution is -0.192. The third-order valence-corrected chi connectivity index (χ3v) is 5.35. The summed E-state index contributed by atoms with van der Waals surface area (Å²) in [5.74, 6) is -1.58. The van der Waals surface area contributed by atoms with Gasteiger partial charge < -0.3 is 19.5 Å². The van der Waals surface area contributed by atoms with E-state index in [0.29, 0.717) is 6.42 Å². The van der Waals surface area contributed by atoms with Gasteiger partial charge in [-0.3, -0.25) is 4.79 Å². The van der Waals surface area contributed by atoms with Crippen molar-refractivity contribution in [1.29, 1.82) is 0 Å². The summed E-state index contributed by atoms with van der Waals surface area (Å²) >= 11 is 0. The van der Waals surface area contributed by atoms with E-state index >= 15 is 0 Å². The summed E-state index contributed by atoms with van der Waals surface area (Å²) in [6.45, 7) is 1.84. The fourth-order valence-corrected chi connectivity index (χ4v) is 3.62. The van der Waals surface area contributed by atoms with Crippen LogP contribution in [0.25, 0.3) is 22.4 Å². The minimum absolute atomic E-state index is 0.184. The molecule has 0 fully saturated rings. The van der Waals surface area contributed by atoms with Gasteiger partial charge in [0.2, 0.25) is 5.91 Å². The molecule has 1 amide bonds. The normalized spacial score (nSPS) is 13.7. The van der Waals surface area contributed by atoms with E-state index in [2.05, 4.69) is 60.0 Å². The van der Waals surface area contributed by atoms with Gasteiger partial charge in [0.05, 0.1) is 11.0 Å². The van der Waals surface area contributed by atoms with Gasteiger partial charge in [-0.2, -0.15) is 13.2 Å². The van der Waals surface area contributed by atoms with Crippen LogP contribution in [-0.4, -0.2) is 65.3 Å². The van der Waals surface area contributed by atoms with E-state index in [9.17, 15) is 18.0 Å². The maximum Gasteiger partial charge on any atom is 0.490 e. The van der Waals surface area contributed by atoms with Crippen LogP contribution < -0.4 is 4.90 Å². The van der Waals surface area contributed by atoms with Crippen LogP contribution in [0.3, 0.4) is 0 Å². The molecule has 176 valence electrons. The first kappa shape index (κ1) is 24.2. The molecule has 0 atom stereocenters. The number of hydrogen-bond acceptors (Lipinski definition) is 4. The summed E-state index contributed by atoms with van der Waals surface area (Å²) in [6, 6.07) is 14.6. The maximum atomic E-state index is 11.9. The number of aryl methyl sites for hydroxylation is 1. The molecule has 3 aromatic rings. The Morgan fingerprint density at radius 2 is 1.82 bits per heavy atom. The molecule has 1 aromatic heterocycles. The van der Waals surface area contributed by atoms with Crippen LogP contribution in [-0.2, 0) is 22.6 Å². The number of anilines is 1. The number of amides is 1. The number of carboxylic acid groups (broad SMARTS) is 1. The van der Waals surface area contributed by atoms with Crippen LogP contribution in [0.4, 0.5) is 18.9 Å². The maximum absolute atomic E-state index is 11.9. The van der Waals surface area contributed by atoms with Crippen LogP contribution in [0.5, 0.6) is 0 Å². The molecule has 0 unspecified atom stereocenters. The molecule has 0 saturated heterocycles. The zero-order chi connectivity index (χ0) is 24.3. The monoisotopic (exact) mass is 462 g/mol. The molecule has 10 heteroatoms. The summed E-state index contributed by atoms with van der Waals surface area (Å²) in [5.41, 5.74) is 5.53. The number of nitrogens with zero attached hydrogens (tertiary/aromatic N) is 4. The quantitative estimate of drug-likeness (QED) is 0.638. The van der Waals surface area contributed by atoms with Gasteiger partial charge in [-0.15, -0.1) is 0 Å². The number of imidazole rings is 1. The van der Waals surface area contributed by atoms with E-state index in [1.807, 2.05) is 13.1 Å². The number of carboxylic acids is 1. The Morgan fingerprint density at radius 3 is 2.45 bits per heavy atom. The number of hydrogen-bond donors (Lipinski definition) is 1. The fraction of sp³-hybridized carbons (Fsp3) is 0.348. The van der Waals surface area contributed by atoms with Crippen molar-refractivity contribution in [2.75, 3.05) is 32.6 Å². The number of para-hydroxylation sites is 2. The average Bonchev–Trinajstić information content (AvgIpc) is 3.13. The number of carbonyl (C=O) groups is 2. The Morgan fingerprint density at radius 1 is 1.15 bits per heavy atom. The molecular weight excluding hydrogens is 437 g/mol. The lowest BCUT2D eigenvalue weighted by atomic mass is 9.99. The van der Waals surface area contributed by atoms with Gasteiger partial charge >= 0.3 is 12.1 Å². The highest BCUT2D eigenvalue weighted by atomic mass is 19.4. The molecule has 2 heterocycles. The molecule has 2 aromatic carbocycles. The summed E-state index contributed by atoms with van der Waals surface area (Å²) in [5, 5.41) is 7.12. The van der Waals surface area contributed by atoms with Crippen LogP contribution in [0.1, 0.15) is 12.0 Å². The van der Waals surface area contributed by atoms with Crippen LogP contribution >= 0.6 is 0 Å². The first-order valence-corrected chi connectivity index (χ1v) is 10.3. The molecule has 4 rings (SSSR count). The standard InChI is InChI=1S/C21H24N4O.C2HF3O2/c1-23(2)12-13-25-19-7-5-4-6-17(19)22-21(25)16-8-10-18-15(14-16)9-11-20(26)24(18)3;3-2(4,5)1(6)7/h4-8,10,14H,9,11-13H2,1-3H3;(H,6,7). The molecule has 0 aliphatic carbocycles. The minimum Gasteiger partial charge on any atom is -0.475 e. The number of halogens is 3. The SMILES string of the molecule is CN(C)CCn1c(-c2ccc3c(c2)CCC(=O)N3C)nc2ccccc21.O=C(O)C(F)(F)F. The van der Waals surface area contributed by atoms with Gasteiger partial charge in [0.25, 0.3) is 0 Å². The number of carbonyl (C=O) groups excluding carboxylic acids is 1. The van der Waals surface area contributed by atoms with Gasteiger partial charge in [0, 0.05) is 37.8 Å². The summed E-state index contributed by atoms with van der Waals surface area (Å²) < 4.78 is 34.0. The smallest absolute Gasteiger partial charge is 0.475 e. The van der Waals surface area contributed by atoms with Crippen molar-refractivity contribution in [3.8, 4) is 11.4 Å².